The predicted molar refractivity (Wildman–Crippen MR) is 109 cm³/mol. The van der Waals surface area contributed by atoms with Crippen LogP contribution in [0.25, 0.3) is 11.0 Å². The standard InChI is InChI=1S/C22H26N4O2/c1-14-20-18(13-19(16-9-10-16)24-21(20)26(2)25-14)22(27)23-11-5-7-15-6-4-8-17(12-15)28-3/h4,6,8,12-13,16H,5,7,9-11H2,1-3H3,(H,23,27). The molecule has 0 aliphatic heterocycles. The summed E-state index contributed by atoms with van der Waals surface area (Å²) in [6.45, 7) is 2.55. The van der Waals surface area contributed by atoms with Crippen LogP contribution in [0, 0.1) is 6.92 Å². The first-order valence-electron chi connectivity index (χ1n) is 9.82. The number of benzene rings is 1. The van der Waals surface area contributed by atoms with E-state index in [9.17, 15) is 4.79 Å². The van der Waals surface area contributed by atoms with E-state index in [0.29, 0.717) is 18.0 Å². The number of ether oxygens (including phenoxy) is 1. The van der Waals surface area contributed by atoms with E-state index in [1.165, 1.54) is 5.56 Å². The van der Waals surface area contributed by atoms with Gasteiger partial charge in [0.2, 0.25) is 0 Å². The maximum absolute atomic E-state index is 12.9. The normalized spacial score (nSPS) is 13.7. The molecule has 1 aliphatic carbocycles. The molecular formula is C22H26N4O2. The van der Waals surface area contributed by atoms with Crippen molar-refractivity contribution in [2.24, 2.45) is 7.05 Å². The van der Waals surface area contributed by atoms with Crippen LogP contribution in [-0.4, -0.2) is 34.3 Å². The molecule has 28 heavy (non-hydrogen) atoms. The topological polar surface area (TPSA) is 69.0 Å². The fourth-order valence-corrected chi connectivity index (χ4v) is 3.65. The minimum absolute atomic E-state index is 0.0453. The molecule has 2 heterocycles. The summed E-state index contributed by atoms with van der Waals surface area (Å²) in [5.74, 6) is 1.30. The largest absolute Gasteiger partial charge is 0.497 e. The average Bonchev–Trinajstić information content (AvgIpc) is 3.51. The molecule has 1 aromatic carbocycles. The van der Waals surface area contributed by atoms with Gasteiger partial charge in [-0.3, -0.25) is 9.48 Å². The zero-order valence-electron chi connectivity index (χ0n) is 16.7. The van der Waals surface area contributed by atoms with E-state index < -0.39 is 0 Å². The van der Waals surface area contributed by atoms with Gasteiger partial charge in [-0.15, -0.1) is 0 Å². The number of carbonyl (C=O) groups excluding carboxylic acids is 1. The third-order valence-electron chi connectivity index (χ3n) is 5.29. The highest BCUT2D eigenvalue weighted by molar-refractivity contribution is 6.06. The van der Waals surface area contributed by atoms with Crippen LogP contribution in [0.1, 0.15) is 52.5 Å². The summed E-state index contributed by atoms with van der Waals surface area (Å²) in [5.41, 5.74) is 4.55. The van der Waals surface area contributed by atoms with Gasteiger partial charge < -0.3 is 10.1 Å². The van der Waals surface area contributed by atoms with Gasteiger partial charge in [-0.05, 0) is 56.4 Å². The van der Waals surface area contributed by atoms with Gasteiger partial charge in [0.15, 0.2) is 5.65 Å². The Kier molecular flexibility index (Phi) is 5.03. The molecule has 0 unspecified atom stereocenters. The average molecular weight is 378 g/mol. The van der Waals surface area contributed by atoms with Crippen LogP contribution < -0.4 is 10.1 Å². The monoisotopic (exact) mass is 378 g/mol. The molecule has 0 bridgehead atoms. The number of hydrogen-bond donors (Lipinski definition) is 1. The molecule has 1 fully saturated rings. The summed E-state index contributed by atoms with van der Waals surface area (Å²) < 4.78 is 7.04. The van der Waals surface area contributed by atoms with E-state index in [-0.39, 0.29) is 5.91 Å². The van der Waals surface area contributed by atoms with E-state index >= 15 is 0 Å². The minimum atomic E-state index is -0.0453. The van der Waals surface area contributed by atoms with Crippen LogP contribution >= 0.6 is 0 Å². The Morgan fingerprint density at radius 2 is 2.14 bits per heavy atom. The fourth-order valence-electron chi connectivity index (χ4n) is 3.65. The highest BCUT2D eigenvalue weighted by Crippen LogP contribution is 2.40. The predicted octanol–water partition coefficient (Wildman–Crippen LogP) is 3.53. The highest BCUT2D eigenvalue weighted by Gasteiger charge is 2.28. The van der Waals surface area contributed by atoms with E-state index in [1.807, 2.05) is 38.2 Å². The van der Waals surface area contributed by atoms with E-state index in [1.54, 1.807) is 11.8 Å². The van der Waals surface area contributed by atoms with Crippen LogP contribution in [-0.2, 0) is 13.5 Å². The number of fused-ring (bicyclic) bond motifs is 1. The number of aryl methyl sites for hydroxylation is 3. The molecule has 1 amide bonds. The quantitative estimate of drug-likeness (QED) is 0.639. The molecule has 0 saturated heterocycles. The molecule has 6 heteroatoms. The van der Waals surface area contributed by atoms with Gasteiger partial charge >= 0.3 is 0 Å². The molecule has 0 atom stereocenters. The molecule has 146 valence electrons. The molecule has 0 spiro atoms. The lowest BCUT2D eigenvalue weighted by molar-refractivity contribution is 0.0954. The number of pyridine rings is 1. The van der Waals surface area contributed by atoms with Crippen molar-refractivity contribution in [1.82, 2.24) is 20.1 Å². The van der Waals surface area contributed by atoms with Crippen molar-refractivity contribution in [3.05, 3.63) is 52.8 Å². The molecule has 6 nitrogen and oxygen atoms in total. The van der Waals surface area contributed by atoms with Gasteiger partial charge in [-0.2, -0.15) is 5.10 Å². The van der Waals surface area contributed by atoms with Crippen molar-refractivity contribution in [3.63, 3.8) is 0 Å². The zero-order chi connectivity index (χ0) is 19.7. The molecule has 0 radical (unpaired) electrons. The third kappa shape index (κ3) is 3.72. The third-order valence-corrected chi connectivity index (χ3v) is 5.29. The van der Waals surface area contributed by atoms with E-state index in [0.717, 1.165) is 53.9 Å². The van der Waals surface area contributed by atoms with E-state index in [2.05, 4.69) is 16.5 Å². The van der Waals surface area contributed by atoms with Crippen molar-refractivity contribution >= 4 is 16.9 Å². The van der Waals surface area contributed by atoms with Crippen LogP contribution in [0.2, 0.25) is 0 Å². The van der Waals surface area contributed by atoms with Gasteiger partial charge in [-0.25, -0.2) is 4.98 Å². The second-order valence-corrected chi connectivity index (χ2v) is 7.49. The first-order chi connectivity index (χ1) is 13.6. The lowest BCUT2D eigenvalue weighted by atomic mass is 10.1. The number of nitrogens with one attached hydrogen (secondary N) is 1. The van der Waals surface area contributed by atoms with Gasteiger partial charge in [0, 0.05) is 25.2 Å². The Labute approximate surface area is 164 Å². The highest BCUT2D eigenvalue weighted by atomic mass is 16.5. The van der Waals surface area contributed by atoms with Gasteiger partial charge in [0.05, 0.1) is 23.8 Å². The van der Waals surface area contributed by atoms with Crippen molar-refractivity contribution in [2.45, 2.75) is 38.5 Å². The van der Waals surface area contributed by atoms with Crippen LogP contribution in [0.5, 0.6) is 5.75 Å². The number of nitrogens with zero attached hydrogens (tertiary/aromatic N) is 3. The lowest BCUT2D eigenvalue weighted by Crippen LogP contribution is -2.25. The molecule has 2 aromatic heterocycles. The lowest BCUT2D eigenvalue weighted by Gasteiger charge is -2.09. The minimum Gasteiger partial charge on any atom is -0.497 e. The van der Waals surface area contributed by atoms with Crippen molar-refractivity contribution in [1.29, 1.82) is 0 Å². The fraction of sp³-hybridized carbons (Fsp3) is 0.409. The van der Waals surface area contributed by atoms with Crippen LogP contribution in [0.15, 0.2) is 30.3 Å². The summed E-state index contributed by atoms with van der Waals surface area (Å²) in [5, 5.41) is 8.41. The summed E-state index contributed by atoms with van der Waals surface area (Å²) in [6.07, 6.45) is 4.06. The van der Waals surface area contributed by atoms with Crippen molar-refractivity contribution in [3.8, 4) is 5.75 Å². The zero-order valence-corrected chi connectivity index (χ0v) is 16.7. The summed E-state index contributed by atoms with van der Waals surface area (Å²) in [6, 6.07) is 10.0. The number of hydrogen-bond acceptors (Lipinski definition) is 4. The molecule has 1 N–H and O–H groups in total. The smallest absolute Gasteiger partial charge is 0.252 e. The Morgan fingerprint density at radius 3 is 2.89 bits per heavy atom. The second kappa shape index (κ2) is 7.62. The van der Waals surface area contributed by atoms with Crippen molar-refractivity contribution in [2.75, 3.05) is 13.7 Å². The Bertz CT molecular complexity index is 1020. The maximum atomic E-state index is 12.9. The first kappa shape index (κ1) is 18.5. The molecule has 1 aliphatic rings. The van der Waals surface area contributed by atoms with Gasteiger partial charge in [-0.1, -0.05) is 12.1 Å². The number of rotatable bonds is 7. The summed E-state index contributed by atoms with van der Waals surface area (Å²) >= 11 is 0. The number of aromatic nitrogens is 3. The van der Waals surface area contributed by atoms with E-state index in [4.69, 9.17) is 9.72 Å². The number of methoxy groups -OCH3 is 1. The molecular weight excluding hydrogens is 352 g/mol. The summed E-state index contributed by atoms with van der Waals surface area (Å²) in [4.78, 5) is 17.7. The Morgan fingerprint density at radius 1 is 1.32 bits per heavy atom. The van der Waals surface area contributed by atoms with Crippen molar-refractivity contribution < 1.29 is 9.53 Å². The van der Waals surface area contributed by atoms with Crippen LogP contribution in [0.3, 0.4) is 0 Å². The molecule has 4 rings (SSSR count). The molecule has 3 aromatic rings. The maximum Gasteiger partial charge on any atom is 0.252 e. The molecule has 1 saturated carbocycles. The SMILES string of the molecule is COc1cccc(CCCNC(=O)c2cc(C3CC3)nc3c2c(C)nn3C)c1. The first-order valence-corrected chi connectivity index (χ1v) is 9.82. The number of amides is 1. The number of carbonyl (C=O) groups is 1. The Hall–Kier alpha value is -2.89. The van der Waals surface area contributed by atoms with Gasteiger partial charge in [0.25, 0.3) is 5.91 Å². The van der Waals surface area contributed by atoms with Crippen LogP contribution in [0.4, 0.5) is 0 Å². The summed E-state index contributed by atoms with van der Waals surface area (Å²) in [7, 11) is 3.56. The second-order valence-electron chi connectivity index (χ2n) is 7.49. The Balaban J connectivity index is 1.46. The van der Waals surface area contributed by atoms with Gasteiger partial charge in [0.1, 0.15) is 5.75 Å².